The normalized spacial score (nSPS) is 29.5. The lowest BCUT2D eigenvalue weighted by molar-refractivity contribution is 0.301. The molecule has 2 N–H and O–H groups in total. The highest BCUT2D eigenvalue weighted by molar-refractivity contribution is 6.12. The second kappa shape index (κ2) is 3.13. The molecule has 0 saturated heterocycles. The van der Waals surface area contributed by atoms with Crippen LogP contribution in [0.25, 0.3) is 0 Å². The van der Waals surface area contributed by atoms with Gasteiger partial charge in [0.25, 0.3) is 0 Å². The number of hydrogen-bond donors (Lipinski definition) is 2. The van der Waals surface area contributed by atoms with E-state index in [0.29, 0.717) is 11.4 Å². The molecule has 0 aromatic carbocycles. The van der Waals surface area contributed by atoms with Crippen LogP contribution < -0.4 is 0 Å². The summed E-state index contributed by atoms with van der Waals surface area (Å²) in [5.74, 6) is 0. The van der Waals surface area contributed by atoms with Gasteiger partial charge in [0.15, 0.2) is 0 Å². The van der Waals surface area contributed by atoms with Crippen LogP contribution in [0.5, 0.6) is 0 Å². The maximum Gasteiger partial charge on any atom is 0.0684 e. The highest BCUT2D eigenvalue weighted by Gasteiger charge is 2.35. The summed E-state index contributed by atoms with van der Waals surface area (Å²) in [4.78, 5) is 0. The summed E-state index contributed by atoms with van der Waals surface area (Å²) in [6.45, 7) is 3.80. The van der Waals surface area contributed by atoms with Crippen LogP contribution in [0.3, 0.4) is 0 Å². The third kappa shape index (κ3) is 1.29. The van der Waals surface area contributed by atoms with Gasteiger partial charge in [-0.3, -0.25) is 0 Å². The van der Waals surface area contributed by atoms with E-state index in [1.165, 1.54) is 0 Å². The summed E-state index contributed by atoms with van der Waals surface area (Å²) in [7, 11) is 0. The van der Waals surface area contributed by atoms with Gasteiger partial charge in [-0.15, -0.1) is 0 Å². The van der Waals surface area contributed by atoms with Gasteiger partial charge >= 0.3 is 0 Å². The summed E-state index contributed by atoms with van der Waals surface area (Å²) in [6.07, 6.45) is 2.45. The van der Waals surface area contributed by atoms with Gasteiger partial charge in [-0.25, -0.2) is 0 Å². The minimum atomic E-state index is -0.387. The van der Waals surface area contributed by atoms with E-state index in [1.54, 1.807) is 0 Å². The van der Waals surface area contributed by atoms with Gasteiger partial charge in [-0.1, -0.05) is 10.3 Å². The summed E-state index contributed by atoms with van der Waals surface area (Å²) in [6, 6.07) is 0. The van der Waals surface area contributed by atoms with Crippen molar-refractivity contribution in [1.82, 2.24) is 0 Å². The van der Waals surface area contributed by atoms with Gasteiger partial charge in [0, 0.05) is 5.41 Å². The minimum absolute atomic E-state index is 0.387. The molecule has 0 heterocycles. The largest absolute Gasteiger partial charge is 0.411 e. The first-order valence-electron chi connectivity index (χ1n) is 4.05. The third-order valence-electron chi connectivity index (χ3n) is 2.51. The van der Waals surface area contributed by atoms with Gasteiger partial charge in [0.05, 0.1) is 11.4 Å². The first kappa shape index (κ1) is 9.03. The van der Waals surface area contributed by atoms with E-state index < -0.39 is 0 Å². The van der Waals surface area contributed by atoms with Crippen molar-refractivity contribution in [2.45, 2.75) is 33.1 Å². The van der Waals surface area contributed by atoms with Crippen molar-refractivity contribution >= 4 is 11.4 Å². The monoisotopic (exact) mass is 170 g/mol. The fourth-order valence-corrected chi connectivity index (χ4v) is 1.56. The summed E-state index contributed by atoms with van der Waals surface area (Å²) < 4.78 is 0. The first-order chi connectivity index (χ1) is 5.62. The van der Waals surface area contributed by atoms with Crippen LogP contribution >= 0.6 is 0 Å². The second-order valence-corrected chi connectivity index (χ2v) is 3.57. The Morgan fingerprint density at radius 2 is 1.50 bits per heavy atom. The average molecular weight is 170 g/mol. The van der Waals surface area contributed by atoms with Crippen molar-refractivity contribution in [3.63, 3.8) is 0 Å². The van der Waals surface area contributed by atoms with Crippen LogP contribution in [0.2, 0.25) is 0 Å². The van der Waals surface area contributed by atoms with E-state index in [9.17, 15) is 0 Å². The predicted molar refractivity (Wildman–Crippen MR) is 46.1 cm³/mol. The van der Waals surface area contributed by atoms with Gasteiger partial charge < -0.3 is 10.4 Å². The molecule has 0 unspecified atom stereocenters. The molecule has 68 valence electrons. The summed E-state index contributed by atoms with van der Waals surface area (Å²) in [5, 5.41) is 23.8. The fourth-order valence-electron chi connectivity index (χ4n) is 1.56. The molecule has 0 amide bonds. The van der Waals surface area contributed by atoms with Crippen LogP contribution in [-0.2, 0) is 0 Å². The number of oxime groups is 2. The Labute approximate surface area is 71.6 Å². The molecule has 1 fully saturated rings. The Balaban J connectivity index is 2.97. The molecule has 1 rings (SSSR count). The Hall–Kier alpha value is -1.06. The smallest absolute Gasteiger partial charge is 0.0684 e. The highest BCUT2D eigenvalue weighted by atomic mass is 16.4. The van der Waals surface area contributed by atoms with Crippen molar-refractivity contribution < 1.29 is 10.4 Å². The maximum absolute atomic E-state index is 8.69. The lowest BCUT2D eigenvalue weighted by atomic mass is 9.74. The molecule has 4 heteroatoms. The Morgan fingerprint density at radius 1 is 1.08 bits per heavy atom. The lowest BCUT2D eigenvalue weighted by Gasteiger charge is -2.30. The van der Waals surface area contributed by atoms with Crippen LogP contribution in [-0.4, -0.2) is 21.8 Å². The van der Waals surface area contributed by atoms with Gasteiger partial charge in [0.2, 0.25) is 0 Å². The molecule has 0 radical (unpaired) electrons. The van der Waals surface area contributed by atoms with Crippen molar-refractivity contribution in [1.29, 1.82) is 0 Å². The predicted octanol–water partition coefficient (Wildman–Crippen LogP) is 1.86. The van der Waals surface area contributed by atoms with E-state index in [4.69, 9.17) is 10.4 Å². The van der Waals surface area contributed by atoms with E-state index >= 15 is 0 Å². The van der Waals surface area contributed by atoms with Crippen LogP contribution in [0.15, 0.2) is 10.3 Å². The molecule has 0 atom stereocenters. The Morgan fingerprint density at radius 3 is 1.83 bits per heavy atom. The molecular formula is C8H14N2O2. The van der Waals surface area contributed by atoms with E-state index in [2.05, 4.69) is 10.3 Å². The second-order valence-electron chi connectivity index (χ2n) is 3.57. The molecule has 4 nitrogen and oxygen atoms in total. The molecule has 0 aliphatic heterocycles. The molecule has 1 saturated carbocycles. The van der Waals surface area contributed by atoms with Gasteiger partial charge in [0.1, 0.15) is 0 Å². The fraction of sp³-hybridized carbons (Fsp3) is 0.750. The zero-order valence-corrected chi connectivity index (χ0v) is 7.41. The zero-order chi connectivity index (χ0) is 9.19. The minimum Gasteiger partial charge on any atom is -0.411 e. The SMILES string of the molecule is CC1(C)C(=NO)CCCC1=NO. The van der Waals surface area contributed by atoms with Crippen LogP contribution in [0.1, 0.15) is 33.1 Å². The number of hydrogen-bond acceptors (Lipinski definition) is 4. The molecule has 0 bridgehead atoms. The van der Waals surface area contributed by atoms with E-state index in [1.807, 2.05) is 13.8 Å². The highest BCUT2D eigenvalue weighted by Crippen LogP contribution is 2.30. The third-order valence-corrected chi connectivity index (χ3v) is 2.51. The summed E-state index contributed by atoms with van der Waals surface area (Å²) in [5.41, 5.74) is 1.00. The maximum atomic E-state index is 8.69. The van der Waals surface area contributed by atoms with Crippen LogP contribution in [0, 0.1) is 5.41 Å². The zero-order valence-electron chi connectivity index (χ0n) is 7.41. The van der Waals surface area contributed by atoms with Crippen molar-refractivity contribution in [2.75, 3.05) is 0 Å². The molecule has 0 spiro atoms. The molecule has 1 aliphatic rings. The summed E-state index contributed by atoms with van der Waals surface area (Å²) >= 11 is 0. The molecule has 12 heavy (non-hydrogen) atoms. The average Bonchev–Trinajstić information content (AvgIpc) is 2.03. The van der Waals surface area contributed by atoms with Crippen molar-refractivity contribution in [3.05, 3.63) is 0 Å². The topological polar surface area (TPSA) is 65.2 Å². The standard InChI is InChI=1S/C8H14N2O2/c1-8(2)6(9-11)4-3-5-7(8)10-12/h11-12H,3-5H2,1-2H3. The first-order valence-corrected chi connectivity index (χ1v) is 4.05. The Kier molecular flexibility index (Phi) is 2.35. The molecule has 0 aromatic rings. The van der Waals surface area contributed by atoms with E-state index in [-0.39, 0.29) is 5.41 Å². The number of nitrogens with zero attached hydrogens (tertiary/aromatic N) is 2. The van der Waals surface area contributed by atoms with Gasteiger partial charge in [-0.05, 0) is 33.1 Å². The molecular weight excluding hydrogens is 156 g/mol. The van der Waals surface area contributed by atoms with Gasteiger partial charge in [-0.2, -0.15) is 0 Å². The molecule has 1 aliphatic carbocycles. The van der Waals surface area contributed by atoms with Crippen molar-refractivity contribution in [2.24, 2.45) is 15.7 Å². The van der Waals surface area contributed by atoms with E-state index in [0.717, 1.165) is 19.3 Å². The number of rotatable bonds is 0. The van der Waals surface area contributed by atoms with Crippen molar-refractivity contribution in [3.8, 4) is 0 Å². The lowest BCUT2D eigenvalue weighted by Crippen LogP contribution is -2.37. The quantitative estimate of drug-likeness (QED) is 0.430. The Bertz CT molecular complexity index is 209. The molecule has 0 aromatic heterocycles. The van der Waals surface area contributed by atoms with Crippen LogP contribution in [0.4, 0.5) is 0 Å².